The van der Waals surface area contributed by atoms with Crippen molar-refractivity contribution in [3.05, 3.63) is 137 Å². The van der Waals surface area contributed by atoms with E-state index in [1.165, 1.54) is 25.7 Å². The van der Waals surface area contributed by atoms with Crippen molar-refractivity contribution in [3.8, 4) is 47.0 Å². The van der Waals surface area contributed by atoms with Gasteiger partial charge in [0.15, 0.2) is 0 Å². The van der Waals surface area contributed by atoms with Crippen LogP contribution in [0.25, 0.3) is 18.2 Å². The standard InChI is InChI=1S/C43H40N4Si/c1-5-6-7-8-18-40-26-22-36(32-44-40)15-9-12-19-41-27-23-37(33-45-41)16-10-13-20-42-28-24-38(34-46-42)17-11-14-21-43-29-25-39(35-47-43)30-31-48(2,3)4/h12-14,19-29,32-35H,5-8,18H2,1-4H3/b19-12+,20-13-,21-14-. The number of hydrogen-bond acceptors (Lipinski definition) is 4. The number of hydrogen-bond donors (Lipinski definition) is 0. The molecule has 0 aliphatic heterocycles. The van der Waals surface area contributed by atoms with Gasteiger partial charge in [0.05, 0.1) is 17.1 Å². The van der Waals surface area contributed by atoms with Gasteiger partial charge in [-0.05, 0) is 97.8 Å². The second kappa shape index (κ2) is 19.1. The summed E-state index contributed by atoms with van der Waals surface area (Å²) >= 11 is 0. The molecule has 0 aromatic carbocycles. The third-order valence-electron chi connectivity index (χ3n) is 6.71. The highest BCUT2D eigenvalue weighted by Gasteiger charge is 2.07. The first-order valence-corrected chi connectivity index (χ1v) is 19.8. The van der Waals surface area contributed by atoms with Crippen molar-refractivity contribution in [1.82, 2.24) is 19.9 Å². The molecule has 0 amide bonds. The van der Waals surface area contributed by atoms with E-state index in [9.17, 15) is 0 Å². The molecule has 0 unspecified atom stereocenters. The Balaban J connectivity index is 1.21. The average Bonchev–Trinajstić information content (AvgIpc) is 3.10. The fourth-order valence-electron chi connectivity index (χ4n) is 4.13. The third kappa shape index (κ3) is 13.7. The zero-order chi connectivity index (χ0) is 33.9. The van der Waals surface area contributed by atoms with E-state index in [-0.39, 0.29) is 0 Å². The van der Waals surface area contributed by atoms with E-state index < -0.39 is 8.07 Å². The monoisotopic (exact) mass is 640 g/mol. The molecule has 4 aromatic rings. The van der Waals surface area contributed by atoms with E-state index in [0.29, 0.717) is 0 Å². The molecule has 0 aliphatic carbocycles. The minimum atomic E-state index is -1.40. The lowest BCUT2D eigenvalue weighted by Gasteiger charge is -2.03. The number of unbranched alkanes of at least 4 members (excludes halogenated alkanes) is 3. The Labute approximate surface area is 287 Å². The predicted molar refractivity (Wildman–Crippen MR) is 203 cm³/mol. The number of aromatic nitrogens is 4. The quantitative estimate of drug-likeness (QED) is 0.110. The molecule has 5 heteroatoms. The molecule has 0 aliphatic rings. The number of aryl methyl sites for hydroxylation is 1. The lowest BCUT2D eigenvalue weighted by atomic mass is 10.1. The van der Waals surface area contributed by atoms with Crippen molar-refractivity contribution in [2.75, 3.05) is 0 Å². The van der Waals surface area contributed by atoms with Crippen LogP contribution in [0.3, 0.4) is 0 Å². The first kappa shape index (κ1) is 35.1. The van der Waals surface area contributed by atoms with Gasteiger partial charge in [0, 0.05) is 52.7 Å². The topological polar surface area (TPSA) is 51.6 Å². The molecule has 0 fully saturated rings. The van der Waals surface area contributed by atoms with E-state index in [4.69, 9.17) is 0 Å². The van der Waals surface area contributed by atoms with Crippen LogP contribution >= 0.6 is 0 Å². The maximum atomic E-state index is 4.53. The van der Waals surface area contributed by atoms with Gasteiger partial charge in [0.1, 0.15) is 8.07 Å². The summed E-state index contributed by atoms with van der Waals surface area (Å²) in [5.74, 6) is 21.7. The van der Waals surface area contributed by atoms with Gasteiger partial charge in [0.25, 0.3) is 0 Å². The molecule has 0 saturated heterocycles. The first-order valence-electron chi connectivity index (χ1n) is 16.3. The maximum Gasteiger partial charge on any atom is 0.129 e. The van der Waals surface area contributed by atoms with Gasteiger partial charge in [-0.3, -0.25) is 19.9 Å². The van der Waals surface area contributed by atoms with Gasteiger partial charge in [0.2, 0.25) is 0 Å². The number of rotatable bonds is 8. The fraction of sp³-hybridized carbons (Fsp3) is 0.209. The summed E-state index contributed by atoms with van der Waals surface area (Å²) in [4.78, 5) is 17.9. The second-order valence-electron chi connectivity index (χ2n) is 12.1. The van der Waals surface area contributed by atoms with Crippen molar-refractivity contribution < 1.29 is 0 Å². The average molecular weight is 641 g/mol. The molecule has 0 N–H and O–H groups in total. The molecule has 48 heavy (non-hydrogen) atoms. The molecule has 0 atom stereocenters. The minimum Gasteiger partial charge on any atom is -0.260 e. The summed E-state index contributed by atoms with van der Waals surface area (Å²) in [7, 11) is -1.40. The lowest BCUT2D eigenvalue weighted by molar-refractivity contribution is 0.660. The molecule has 4 heterocycles. The summed E-state index contributed by atoms with van der Waals surface area (Å²) in [5, 5.41) is 0. The Morgan fingerprint density at radius 3 is 1.33 bits per heavy atom. The zero-order valence-corrected chi connectivity index (χ0v) is 29.2. The van der Waals surface area contributed by atoms with E-state index in [0.717, 1.165) is 51.5 Å². The Morgan fingerprint density at radius 1 is 0.521 bits per heavy atom. The summed E-state index contributed by atoms with van der Waals surface area (Å²) < 4.78 is 0. The highest BCUT2D eigenvalue weighted by Crippen LogP contribution is 2.08. The Morgan fingerprint density at radius 2 is 0.958 bits per heavy atom. The third-order valence-corrected chi connectivity index (χ3v) is 7.59. The zero-order valence-electron chi connectivity index (χ0n) is 28.2. The Hall–Kier alpha value is -5.72. The molecular formula is C43H40N4Si. The van der Waals surface area contributed by atoms with Crippen LogP contribution in [-0.4, -0.2) is 28.0 Å². The van der Waals surface area contributed by atoms with E-state index in [1.807, 2.05) is 66.9 Å². The Bertz CT molecular complexity index is 1970. The van der Waals surface area contributed by atoms with E-state index >= 15 is 0 Å². The van der Waals surface area contributed by atoms with Crippen molar-refractivity contribution in [1.29, 1.82) is 0 Å². The second-order valence-corrected chi connectivity index (χ2v) is 16.8. The van der Waals surface area contributed by atoms with Crippen LogP contribution in [0.15, 0.2) is 91.5 Å². The van der Waals surface area contributed by atoms with Crippen molar-refractivity contribution >= 4 is 26.3 Å². The predicted octanol–water partition coefficient (Wildman–Crippen LogP) is 8.81. The van der Waals surface area contributed by atoms with Gasteiger partial charge in [-0.2, -0.15) is 0 Å². The number of pyridine rings is 4. The van der Waals surface area contributed by atoms with Crippen LogP contribution in [0.2, 0.25) is 19.6 Å². The largest absolute Gasteiger partial charge is 0.260 e. The summed E-state index contributed by atoms with van der Waals surface area (Å²) in [5.41, 5.74) is 10.5. The van der Waals surface area contributed by atoms with Crippen LogP contribution in [0, 0.1) is 47.0 Å². The molecule has 236 valence electrons. The van der Waals surface area contributed by atoms with Gasteiger partial charge < -0.3 is 0 Å². The molecule has 0 spiro atoms. The lowest BCUT2D eigenvalue weighted by Crippen LogP contribution is -2.16. The minimum absolute atomic E-state index is 0.806. The summed E-state index contributed by atoms with van der Waals surface area (Å²) in [6, 6.07) is 15.8. The van der Waals surface area contributed by atoms with Crippen molar-refractivity contribution in [3.63, 3.8) is 0 Å². The van der Waals surface area contributed by atoms with Crippen LogP contribution in [0.1, 0.15) is 77.6 Å². The Kier molecular flexibility index (Phi) is 13.9. The molecule has 4 aromatic heterocycles. The molecule has 0 radical (unpaired) electrons. The van der Waals surface area contributed by atoms with E-state index in [1.54, 1.807) is 36.8 Å². The molecule has 0 bridgehead atoms. The molecule has 0 saturated carbocycles. The molecule has 4 nitrogen and oxygen atoms in total. The smallest absolute Gasteiger partial charge is 0.129 e. The van der Waals surface area contributed by atoms with Gasteiger partial charge >= 0.3 is 0 Å². The highest BCUT2D eigenvalue weighted by molar-refractivity contribution is 6.83. The molecule has 4 rings (SSSR count). The SMILES string of the molecule is CCCCCCc1ccc(C#C/C=C/c2ccc(C#C/C=C\c3ccc(C#C/C=C\c4ccc(C#C[Si](C)(C)C)cn4)cn3)cn2)cn1. The summed E-state index contributed by atoms with van der Waals surface area (Å²) in [6.07, 6.45) is 24.2. The van der Waals surface area contributed by atoms with E-state index in [2.05, 4.69) is 99.6 Å². The van der Waals surface area contributed by atoms with Crippen molar-refractivity contribution in [2.45, 2.75) is 58.7 Å². The fourth-order valence-corrected chi connectivity index (χ4v) is 4.65. The number of nitrogens with zero attached hydrogens (tertiary/aromatic N) is 4. The summed E-state index contributed by atoms with van der Waals surface area (Å²) in [6.45, 7) is 8.90. The van der Waals surface area contributed by atoms with Crippen LogP contribution < -0.4 is 0 Å². The van der Waals surface area contributed by atoms with Crippen LogP contribution in [0.4, 0.5) is 0 Å². The van der Waals surface area contributed by atoms with Gasteiger partial charge in [-0.25, -0.2) is 0 Å². The molecular weight excluding hydrogens is 601 g/mol. The number of allylic oxidation sites excluding steroid dienone is 3. The van der Waals surface area contributed by atoms with Crippen molar-refractivity contribution in [2.24, 2.45) is 0 Å². The maximum absolute atomic E-state index is 4.53. The van der Waals surface area contributed by atoms with Crippen LogP contribution in [-0.2, 0) is 6.42 Å². The van der Waals surface area contributed by atoms with Gasteiger partial charge in [-0.1, -0.05) is 87.3 Å². The highest BCUT2D eigenvalue weighted by atomic mass is 28.3. The first-order chi connectivity index (χ1) is 23.4. The van der Waals surface area contributed by atoms with Gasteiger partial charge in [-0.15, -0.1) is 5.54 Å². The van der Waals surface area contributed by atoms with Crippen LogP contribution in [0.5, 0.6) is 0 Å². The normalized spacial score (nSPS) is 10.8.